The van der Waals surface area contributed by atoms with Crippen molar-refractivity contribution in [2.75, 3.05) is 11.9 Å². The summed E-state index contributed by atoms with van der Waals surface area (Å²) in [5.74, 6) is 1.18. The molecule has 19 heavy (non-hydrogen) atoms. The number of amides is 1. The summed E-state index contributed by atoms with van der Waals surface area (Å²) in [5.41, 5.74) is 0.677. The molecule has 0 fully saturated rings. The standard InChI is InChI=1S/C13H16N4O2/c1-3-8-19-11-6-4-10(5-7-11)15-13(18)12-14-9(2)16-17-12/h4-7H,3,8H2,1-2H3,(H,15,18)(H,14,16,17). The lowest BCUT2D eigenvalue weighted by Crippen LogP contribution is -2.13. The Labute approximate surface area is 111 Å². The largest absolute Gasteiger partial charge is 0.494 e. The maximum Gasteiger partial charge on any atom is 0.295 e. The van der Waals surface area contributed by atoms with Gasteiger partial charge in [0.15, 0.2) is 0 Å². The van der Waals surface area contributed by atoms with Gasteiger partial charge in [0.1, 0.15) is 11.6 Å². The Bertz CT molecular complexity index is 548. The second-order valence-electron chi connectivity index (χ2n) is 4.07. The maximum absolute atomic E-state index is 11.8. The van der Waals surface area contributed by atoms with Crippen LogP contribution in [0.5, 0.6) is 5.75 Å². The molecule has 2 aromatic rings. The molecule has 0 unspecified atom stereocenters. The van der Waals surface area contributed by atoms with Crippen LogP contribution in [-0.4, -0.2) is 27.7 Å². The van der Waals surface area contributed by atoms with E-state index in [4.69, 9.17) is 4.74 Å². The van der Waals surface area contributed by atoms with Crippen LogP contribution in [0.4, 0.5) is 5.69 Å². The third-order valence-electron chi connectivity index (χ3n) is 2.39. The minimum Gasteiger partial charge on any atom is -0.494 e. The minimum absolute atomic E-state index is 0.129. The number of aryl methyl sites for hydroxylation is 1. The van der Waals surface area contributed by atoms with Gasteiger partial charge < -0.3 is 10.1 Å². The lowest BCUT2D eigenvalue weighted by atomic mass is 10.3. The molecular weight excluding hydrogens is 244 g/mol. The molecule has 100 valence electrons. The number of carbonyl (C=O) groups is 1. The highest BCUT2D eigenvalue weighted by Gasteiger charge is 2.11. The Kier molecular flexibility index (Phi) is 4.12. The zero-order valence-corrected chi connectivity index (χ0v) is 10.9. The van der Waals surface area contributed by atoms with Gasteiger partial charge in [0.2, 0.25) is 5.82 Å². The van der Waals surface area contributed by atoms with E-state index in [1.54, 1.807) is 19.1 Å². The molecule has 2 rings (SSSR count). The third kappa shape index (κ3) is 3.54. The molecule has 1 heterocycles. The van der Waals surface area contributed by atoms with Crippen LogP contribution >= 0.6 is 0 Å². The van der Waals surface area contributed by atoms with Gasteiger partial charge >= 0.3 is 0 Å². The van der Waals surface area contributed by atoms with E-state index in [0.717, 1.165) is 12.2 Å². The molecular formula is C13H16N4O2. The summed E-state index contributed by atoms with van der Waals surface area (Å²) in [6, 6.07) is 7.19. The Balaban J connectivity index is 1.97. The molecule has 0 aliphatic rings. The van der Waals surface area contributed by atoms with Crippen LogP contribution in [0.25, 0.3) is 0 Å². The highest BCUT2D eigenvalue weighted by Crippen LogP contribution is 2.16. The number of H-pyrrole nitrogens is 1. The van der Waals surface area contributed by atoms with Gasteiger partial charge in [-0.2, -0.15) is 0 Å². The van der Waals surface area contributed by atoms with Crippen molar-refractivity contribution in [2.24, 2.45) is 0 Å². The minimum atomic E-state index is -0.341. The highest BCUT2D eigenvalue weighted by molar-refractivity contribution is 6.01. The van der Waals surface area contributed by atoms with Crippen molar-refractivity contribution in [1.29, 1.82) is 0 Å². The lowest BCUT2D eigenvalue weighted by Gasteiger charge is -2.06. The van der Waals surface area contributed by atoms with E-state index >= 15 is 0 Å². The number of ether oxygens (including phenoxy) is 1. The summed E-state index contributed by atoms with van der Waals surface area (Å²) in [5, 5.41) is 9.14. The van der Waals surface area contributed by atoms with E-state index in [2.05, 4.69) is 20.5 Å². The summed E-state index contributed by atoms with van der Waals surface area (Å²) < 4.78 is 5.46. The number of aromatic amines is 1. The lowest BCUT2D eigenvalue weighted by molar-refractivity contribution is 0.101. The average molecular weight is 260 g/mol. The van der Waals surface area contributed by atoms with Crippen molar-refractivity contribution in [2.45, 2.75) is 20.3 Å². The summed E-state index contributed by atoms with van der Waals surface area (Å²) >= 11 is 0. The zero-order chi connectivity index (χ0) is 13.7. The number of hydrogen-bond acceptors (Lipinski definition) is 4. The number of rotatable bonds is 5. The van der Waals surface area contributed by atoms with Gasteiger partial charge in [-0.3, -0.25) is 9.89 Å². The van der Waals surface area contributed by atoms with Crippen molar-refractivity contribution in [3.8, 4) is 5.75 Å². The molecule has 1 aromatic heterocycles. The molecule has 0 spiro atoms. The first kappa shape index (κ1) is 13.1. The van der Waals surface area contributed by atoms with Gasteiger partial charge in [-0.1, -0.05) is 6.92 Å². The normalized spacial score (nSPS) is 10.2. The fraction of sp³-hybridized carbons (Fsp3) is 0.308. The van der Waals surface area contributed by atoms with Crippen molar-refractivity contribution in [3.05, 3.63) is 35.9 Å². The van der Waals surface area contributed by atoms with E-state index in [-0.39, 0.29) is 11.7 Å². The molecule has 1 amide bonds. The second kappa shape index (κ2) is 5.99. The first-order chi connectivity index (χ1) is 9.19. The number of carbonyl (C=O) groups excluding carboxylic acids is 1. The van der Waals surface area contributed by atoms with E-state index < -0.39 is 0 Å². The molecule has 0 atom stereocenters. The van der Waals surface area contributed by atoms with Gasteiger partial charge in [-0.25, -0.2) is 4.98 Å². The van der Waals surface area contributed by atoms with Crippen LogP contribution in [-0.2, 0) is 0 Å². The van der Waals surface area contributed by atoms with Crippen LogP contribution in [0.3, 0.4) is 0 Å². The number of benzene rings is 1. The summed E-state index contributed by atoms with van der Waals surface area (Å²) in [6.45, 7) is 4.47. The number of nitrogens with one attached hydrogen (secondary N) is 2. The second-order valence-corrected chi connectivity index (χ2v) is 4.07. The number of nitrogens with zero attached hydrogens (tertiary/aromatic N) is 2. The Morgan fingerprint density at radius 1 is 1.37 bits per heavy atom. The van der Waals surface area contributed by atoms with Crippen molar-refractivity contribution < 1.29 is 9.53 Å². The third-order valence-corrected chi connectivity index (χ3v) is 2.39. The molecule has 0 radical (unpaired) electrons. The SMILES string of the molecule is CCCOc1ccc(NC(=O)c2n[nH]c(C)n2)cc1. The molecule has 1 aromatic carbocycles. The van der Waals surface area contributed by atoms with Crippen molar-refractivity contribution in [3.63, 3.8) is 0 Å². The van der Waals surface area contributed by atoms with E-state index in [0.29, 0.717) is 18.1 Å². The zero-order valence-electron chi connectivity index (χ0n) is 10.9. The molecule has 0 saturated carbocycles. The van der Waals surface area contributed by atoms with E-state index in [1.807, 2.05) is 19.1 Å². The molecule has 0 aliphatic heterocycles. The first-order valence-electron chi connectivity index (χ1n) is 6.12. The molecule has 0 bridgehead atoms. The number of anilines is 1. The van der Waals surface area contributed by atoms with E-state index in [9.17, 15) is 4.79 Å². The van der Waals surface area contributed by atoms with Gasteiger partial charge in [0.05, 0.1) is 6.61 Å². The van der Waals surface area contributed by atoms with Gasteiger partial charge in [0, 0.05) is 5.69 Å². The monoisotopic (exact) mass is 260 g/mol. The van der Waals surface area contributed by atoms with Gasteiger partial charge in [-0.15, -0.1) is 5.10 Å². The quantitative estimate of drug-likeness (QED) is 0.863. The van der Waals surface area contributed by atoms with Crippen LogP contribution in [0.2, 0.25) is 0 Å². The number of aromatic nitrogens is 3. The van der Waals surface area contributed by atoms with E-state index in [1.165, 1.54) is 0 Å². The highest BCUT2D eigenvalue weighted by atomic mass is 16.5. The first-order valence-corrected chi connectivity index (χ1v) is 6.12. The molecule has 2 N–H and O–H groups in total. The number of hydrogen-bond donors (Lipinski definition) is 2. The van der Waals surface area contributed by atoms with Crippen molar-refractivity contribution in [1.82, 2.24) is 15.2 Å². The van der Waals surface area contributed by atoms with Crippen LogP contribution in [0.1, 0.15) is 29.8 Å². The Morgan fingerprint density at radius 3 is 2.68 bits per heavy atom. The molecule has 6 nitrogen and oxygen atoms in total. The van der Waals surface area contributed by atoms with Crippen LogP contribution in [0.15, 0.2) is 24.3 Å². The predicted molar refractivity (Wildman–Crippen MR) is 71.3 cm³/mol. The van der Waals surface area contributed by atoms with Gasteiger partial charge in [-0.05, 0) is 37.6 Å². The molecule has 0 saturated heterocycles. The summed E-state index contributed by atoms with van der Waals surface area (Å²) in [7, 11) is 0. The van der Waals surface area contributed by atoms with Crippen LogP contribution in [0, 0.1) is 6.92 Å². The molecule has 0 aliphatic carbocycles. The summed E-state index contributed by atoms with van der Waals surface area (Å²) in [6.07, 6.45) is 0.961. The van der Waals surface area contributed by atoms with Gasteiger partial charge in [0.25, 0.3) is 5.91 Å². The Hall–Kier alpha value is -2.37. The topological polar surface area (TPSA) is 79.9 Å². The average Bonchev–Trinajstić information content (AvgIpc) is 2.85. The van der Waals surface area contributed by atoms with Crippen LogP contribution < -0.4 is 10.1 Å². The fourth-order valence-corrected chi connectivity index (χ4v) is 1.49. The molecule has 6 heteroatoms. The Morgan fingerprint density at radius 2 is 2.11 bits per heavy atom. The fourth-order valence-electron chi connectivity index (χ4n) is 1.49. The predicted octanol–water partition coefficient (Wildman–Crippen LogP) is 2.15. The maximum atomic E-state index is 11.8. The smallest absolute Gasteiger partial charge is 0.295 e. The summed E-state index contributed by atoms with van der Waals surface area (Å²) in [4.78, 5) is 15.8. The van der Waals surface area contributed by atoms with Crippen molar-refractivity contribution >= 4 is 11.6 Å².